The number of hydrogen-bond acceptors (Lipinski definition) is 0. The average molecular weight is 219 g/mol. The summed E-state index contributed by atoms with van der Waals surface area (Å²) in [6.07, 6.45) is 12.5. The lowest BCUT2D eigenvalue weighted by molar-refractivity contribution is 0.727. The Morgan fingerprint density at radius 3 is 2.18 bits per heavy atom. The van der Waals surface area contributed by atoms with E-state index in [-0.39, 0.29) is 0 Å². The molecule has 0 aromatic heterocycles. The summed E-state index contributed by atoms with van der Waals surface area (Å²) in [4.78, 5) is 0. The third-order valence-corrected chi connectivity index (χ3v) is 2.21. The van der Waals surface area contributed by atoms with Crippen LogP contribution in [0.25, 0.3) is 0 Å². The number of hydrogen-bond donors (Lipinski definition) is 0. The van der Waals surface area contributed by atoms with Gasteiger partial charge in [0.15, 0.2) is 0 Å². The maximum Gasteiger partial charge on any atom is 0.00342 e. The first-order chi connectivity index (χ1) is 5.41. The van der Waals surface area contributed by atoms with Crippen molar-refractivity contribution in [3.8, 4) is 0 Å². The van der Waals surface area contributed by atoms with Crippen LogP contribution in [0.2, 0.25) is 0 Å². The first-order valence-corrected chi connectivity index (χ1v) is 5.75. The van der Waals surface area contributed by atoms with Crippen molar-refractivity contribution in [1.82, 2.24) is 0 Å². The molecule has 1 heteroatoms. The molecule has 0 N–H and O–H groups in total. The van der Waals surface area contributed by atoms with E-state index in [9.17, 15) is 0 Å². The molecule has 0 aromatic rings. The number of unbranched alkanes of at least 4 members (excludes halogenated alkanes) is 4. The highest BCUT2D eigenvalue weighted by molar-refractivity contribution is 9.09. The van der Waals surface area contributed by atoms with Crippen LogP contribution in [0.1, 0.15) is 45.4 Å². The summed E-state index contributed by atoms with van der Waals surface area (Å²) < 4.78 is 0. The fourth-order valence-electron chi connectivity index (χ4n) is 0.943. The molecule has 0 aliphatic rings. The van der Waals surface area contributed by atoms with Gasteiger partial charge in [-0.05, 0) is 25.7 Å². The summed E-state index contributed by atoms with van der Waals surface area (Å²) in [5.41, 5.74) is 0. The molecule has 0 unspecified atom stereocenters. The Morgan fingerprint density at radius 2 is 1.64 bits per heavy atom. The van der Waals surface area contributed by atoms with Crippen LogP contribution in [0.5, 0.6) is 0 Å². The van der Waals surface area contributed by atoms with Crippen molar-refractivity contribution in [2.75, 3.05) is 5.33 Å². The Labute approximate surface area is 79.2 Å². The molecule has 0 atom stereocenters. The van der Waals surface area contributed by atoms with Gasteiger partial charge in [0.25, 0.3) is 0 Å². The highest BCUT2D eigenvalue weighted by Crippen LogP contribution is 2.01. The largest absolute Gasteiger partial charge is 0.0928 e. The fourth-order valence-corrected chi connectivity index (χ4v) is 1.27. The van der Waals surface area contributed by atoms with E-state index in [1.165, 1.54) is 38.5 Å². The van der Waals surface area contributed by atoms with Crippen molar-refractivity contribution in [1.29, 1.82) is 0 Å². The van der Waals surface area contributed by atoms with Gasteiger partial charge in [0, 0.05) is 5.33 Å². The van der Waals surface area contributed by atoms with Gasteiger partial charge >= 0.3 is 0 Å². The minimum Gasteiger partial charge on any atom is -0.0928 e. The molecule has 0 saturated carbocycles. The van der Waals surface area contributed by atoms with Crippen molar-refractivity contribution in [3.05, 3.63) is 12.2 Å². The predicted octanol–water partition coefficient (Wildman–Crippen LogP) is 4.30. The lowest BCUT2D eigenvalue weighted by Crippen LogP contribution is -1.72. The second-order valence-electron chi connectivity index (χ2n) is 2.80. The standard InChI is InChI=1S/C10H19Br/c1-2-3-4-5-6-7-8-9-10-11/h6-7H,2-5,8-10H2,1H3/b7-6-. The van der Waals surface area contributed by atoms with Crippen LogP contribution in [-0.2, 0) is 0 Å². The smallest absolute Gasteiger partial charge is 0.00342 e. The molecule has 0 fully saturated rings. The van der Waals surface area contributed by atoms with Crippen LogP contribution in [0.3, 0.4) is 0 Å². The molecule has 0 nitrogen and oxygen atoms in total. The summed E-state index contributed by atoms with van der Waals surface area (Å²) in [6.45, 7) is 2.24. The second-order valence-corrected chi connectivity index (χ2v) is 3.59. The quantitative estimate of drug-likeness (QED) is 0.340. The van der Waals surface area contributed by atoms with E-state index in [1.54, 1.807) is 0 Å². The minimum absolute atomic E-state index is 1.13. The van der Waals surface area contributed by atoms with E-state index in [2.05, 4.69) is 35.0 Å². The van der Waals surface area contributed by atoms with E-state index < -0.39 is 0 Å². The molecule has 0 aliphatic heterocycles. The minimum atomic E-state index is 1.13. The van der Waals surface area contributed by atoms with Crippen LogP contribution < -0.4 is 0 Å². The van der Waals surface area contributed by atoms with Crippen molar-refractivity contribution < 1.29 is 0 Å². The van der Waals surface area contributed by atoms with Gasteiger partial charge in [-0.25, -0.2) is 0 Å². The Morgan fingerprint density at radius 1 is 1.00 bits per heavy atom. The van der Waals surface area contributed by atoms with Gasteiger partial charge in [0.2, 0.25) is 0 Å². The highest BCUT2D eigenvalue weighted by atomic mass is 79.9. The van der Waals surface area contributed by atoms with Crippen LogP contribution in [0.4, 0.5) is 0 Å². The van der Waals surface area contributed by atoms with Crippen LogP contribution in [0, 0.1) is 0 Å². The van der Waals surface area contributed by atoms with Crippen LogP contribution >= 0.6 is 15.9 Å². The zero-order valence-electron chi connectivity index (χ0n) is 7.48. The van der Waals surface area contributed by atoms with Gasteiger partial charge in [0.1, 0.15) is 0 Å². The third-order valence-electron chi connectivity index (χ3n) is 1.65. The Bertz CT molecular complexity index is 86.9. The molecule has 0 heterocycles. The molecular weight excluding hydrogens is 200 g/mol. The summed E-state index contributed by atoms with van der Waals surface area (Å²) in [6, 6.07) is 0. The maximum absolute atomic E-state index is 3.41. The SMILES string of the molecule is CCCCC/C=C\CCCBr. The number of alkyl halides is 1. The number of rotatable bonds is 7. The van der Waals surface area contributed by atoms with Crippen LogP contribution in [-0.4, -0.2) is 5.33 Å². The van der Waals surface area contributed by atoms with Crippen LogP contribution in [0.15, 0.2) is 12.2 Å². The first-order valence-electron chi connectivity index (χ1n) is 4.62. The average Bonchev–Trinajstić information content (AvgIpc) is 2.03. The predicted molar refractivity (Wildman–Crippen MR) is 56.3 cm³/mol. The highest BCUT2D eigenvalue weighted by Gasteiger charge is 1.81. The number of halogens is 1. The maximum atomic E-state index is 3.41. The molecule has 11 heavy (non-hydrogen) atoms. The van der Waals surface area contributed by atoms with Crippen molar-refractivity contribution >= 4 is 15.9 Å². The zero-order chi connectivity index (χ0) is 8.36. The number of allylic oxidation sites excluding steroid dienone is 2. The second kappa shape index (κ2) is 10.2. The van der Waals surface area contributed by atoms with Gasteiger partial charge in [-0.1, -0.05) is 47.8 Å². The lowest BCUT2D eigenvalue weighted by atomic mass is 10.2. The monoisotopic (exact) mass is 218 g/mol. The van der Waals surface area contributed by atoms with Crippen molar-refractivity contribution in [2.45, 2.75) is 45.4 Å². The summed E-state index contributed by atoms with van der Waals surface area (Å²) in [5.74, 6) is 0. The van der Waals surface area contributed by atoms with E-state index >= 15 is 0 Å². The van der Waals surface area contributed by atoms with E-state index in [4.69, 9.17) is 0 Å². The van der Waals surface area contributed by atoms with Gasteiger partial charge in [0.05, 0.1) is 0 Å². The third kappa shape index (κ3) is 10.2. The molecule has 66 valence electrons. The van der Waals surface area contributed by atoms with Crippen molar-refractivity contribution in [3.63, 3.8) is 0 Å². The van der Waals surface area contributed by atoms with E-state index in [0.717, 1.165) is 5.33 Å². The molecule has 0 rings (SSSR count). The van der Waals surface area contributed by atoms with E-state index in [0.29, 0.717) is 0 Å². The van der Waals surface area contributed by atoms with Gasteiger partial charge < -0.3 is 0 Å². The molecule has 0 aliphatic carbocycles. The van der Waals surface area contributed by atoms with Gasteiger partial charge in [-0.2, -0.15) is 0 Å². The van der Waals surface area contributed by atoms with Gasteiger partial charge in [-0.15, -0.1) is 0 Å². The topological polar surface area (TPSA) is 0 Å². The molecule has 0 spiro atoms. The first kappa shape index (κ1) is 11.2. The Kier molecular flexibility index (Phi) is 10.4. The fraction of sp³-hybridized carbons (Fsp3) is 0.800. The van der Waals surface area contributed by atoms with Crippen molar-refractivity contribution in [2.24, 2.45) is 0 Å². The Balaban J connectivity index is 2.91. The normalized spacial score (nSPS) is 11.1. The molecular formula is C10H19Br. The molecule has 0 radical (unpaired) electrons. The van der Waals surface area contributed by atoms with Gasteiger partial charge in [-0.3, -0.25) is 0 Å². The summed E-state index contributed by atoms with van der Waals surface area (Å²) >= 11 is 3.41. The van der Waals surface area contributed by atoms with E-state index in [1.807, 2.05) is 0 Å². The Hall–Kier alpha value is 0.220. The summed E-state index contributed by atoms with van der Waals surface area (Å²) in [5, 5.41) is 1.13. The zero-order valence-corrected chi connectivity index (χ0v) is 9.07. The molecule has 0 bridgehead atoms. The summed E-state index contributed by atoms with van der Waals surface area (Å²) in [7, 11) is 0. The molecule has 0 amide bonds. The molecule has 0 saturated heterocycles. The molecule has 0 aromatic carbocycles. The lowest BCUT2D eigenvalue weighted by Gasteiger charge is -1.91.